The summed E-state index contributed by atoms with van der Waals surface area (Å²) in [6.07, 6.45) is 2.23. The molecule has 0 aliphatic heterocycles. The fourth-order valence-corrected chi connectivity index (χ4v) is 1.77. The molecule has 0 bridgehead atoms. The van der Waals surface area contributed by atoms with Crippen LogP contribution in [0.15, 0.2) is 36.5 Å². The Morgan fingerprint density at radius 3 is 2.64 bits per heavy atom. The average molecular weight is 301 g/mol. The van der Waals surface area contributed by atoms with Crippen LogP contribution >= 0.6 is 0 Å². The van der Waals surface area contributed by atoms with E-state index < -0.39 is 5.97 Å². The summed E-state index contributed by atoms with van der Waals surface area (Å²) in [5, 5.41) is 0. The van der Waals surface area contributed by atoms with Crippen molar-refractivity contribution in [2.45, 2.75) is 6.61 Å². The second-order valence-electron chi connectivity index (χ2n) is 4.35. The molecule has 6 nitrogen and oxygen atoms in total. The maximum Gasteiger partial charge on any atom is 0.356 e. The van der Waals surface area contributed by atoms with Gasteiger partial charge in [0.05, 0.1) is 19.8 Å². The van der Waals surface area contributed by atoms with Gasteiger partial charge in [0, 0.05) is 11.8 Å². The summed E-state index contributed by atoms with van der Waals surface area (Å²) >= 11 is 0. The molecule has 1 aromatic carbocycles. The Bertz CT molecular complexity index is 667. The number of carbonyl (C=O) groups excluding carboxylic acids is 2. The van der Waals surface area contributed by atoms with Crippen molar-refractivity contribution in [3.8, 4) is 11.5 Å². The number of methoxy groups -OCH3 is 2. The smallest absolute Gasteiger partial charge is 0.356 e. The number of rotatable bonds is 6. The molecule has 2 rings (SSSR count). The van der Waals surface area contributed by atoms with E-state index in [2.05, 4.69) is 9.72 Å². The topological polar surface area (TPSA) is 74.7 Å². The number of pyridine rings is 1. The second kappa shape index (κ2) is 7.21. The van der Waals surface area contributed by atoms with Crippen molar-refractivity contribution in [3.63, 3.8) is 0 Å². The molecule has 2 aromatic rings. The van der Waals surface area contributed by atoms with E-state index in [0.717, 1.165) is 5.56 Å². The van der Waals surface area contributed by atoms with E-state index in [-0.39, 0.29) is 12.3 Å². The quantitative estimate of drug-likeness (QED) is 0.602. The van der Waals surface area contributed by atoms with Gasteiger partial charge in [-0.3, -0.25) is 4.79 Å². The van der Waals surface area contributed by atoms with Crippen LogP contribution in [0.2, 0.25) is 0 Å². The molecule has 1 aromatic heterocycles. The average Bonchev–Trinajstić information content (AvgIpc) is 2.59. The molecule has 1 heterocycles. The van der Waals surface area contributed by atoms with Crippen molar-refractivity contribution in [1.29, 1.82) is 0 Å². The molecule has 0 aliphatic carbocycles. The van der Waals surface area contributed by atoms with Gasteiger partial charge in [-0.15, -0.1) is 0 Å². The highest BCUT2D eigenvalue weighted by molar-refractivity contribution is 5.87. The van der Waals surface area contributed by atoms with Crippen LogP contribution in [0.25, 0.3) is 0 Å². The van der Waals surface area contributed by atoms with E-state index >= 15 is 0 Å². The van der Waals surface area contributed by atoms with Crippen molar-refractivity contribution in [1.82, 2.24) is 4.98 Å². The lowest BCUT2D eigenvalue weighted by Crippen LogP contribution is -2.05. The first-order chi connectivity index (χ1) is 10.7. The number of carbonyl (C=O) groups is 2. The van der Waals surface area contributed by atoms with Gasteiger partial charge in [0.25, 0.3) is 0 Å². The highest BCUT2D eigenvalue weighted by atomic mass is 16.5. The minimum absolute atomic E-state index is 0.224. The minimum atomic E-state index is -0.495. The van der Waals surface area contributed by atoms with Gasteiger partial charge in [0.1, 0.15) is 23.8 Å². The summed E-state index contributed by atoms with van der Waals surface area (Å²) in [4.78, 5) is 26.3. The summed E-state index contributed by atoms with van der Waals surface area (Å²) in [7, 11) is 2.82. The molecule has 6 heteroatoms. The Balaban J connectivity index is 2.06. The molecular weight excluding hydrogens is 286 g/mol. The molecule has 0 atom stereocenters. The molecule has 0 amide bonds. The van der Waals surface area contributed by atoms with E-state index in [4.69, 9.17) is 9.47 Å². The van der Waals surface area contributed by atoms with Crippen LogP contribution in [0, 0.1) is 0 Å². The van der Waals surface area contributed by atoms with Crippen molar-refractivity contribution in [2.75, 3.05) is 14.2 Å². The van der Waals surface area contributed by atoms with Crippen LogP contribution in [0.1, 0.15) is 26.4 Å². The zero-order valence-electron chi connectivity index (χ0n) is 12.2. The number of hydrogen-bond donors (Lipinski definition) is 0. The van der Waals surface area contributed by atoms with Crippen LogP contribution in [-0.4, -0.2) is 31.5 Å². The number of ether oxygens (including phenoxy) is 3. The van der Waals surface area contributed by atoms with Gasteiger partial charge in [0.15, 0.2) is 6.29 Å². The Hall–Kier alpha value is -2.89. The molecule has 0 spiro atoms. The van der Waals surface area contributed by atoms with Crippen molar-refractivity contribution < 1.29 is 23.8 Å². The molecular formula is C16H15NO5. The summed E-state index contributed by atoms with van der Waals surface area (Å²) in [5.41, 5.74) is 1.39. The zero-order chi connectivity index (χ0) is 15.9. The Labute approximate surface area is 127 Å². The number of aromatic nitrogens is 1. The monoisotopic (exact) mass is 301 g/mol. The SMILES string of the molecule is COC(=O)c1ccc(COc2ccc(OC)cc2C=O)cn1. The van der Waals surface area contributed by atoms with Crippen LogP contribution in [0.4, 0.5) is 0 Å². The number of esters is 1. The van der Waals surface area contributed by atoms with Crippen molar-refractivity contribution >= 4 is 12.3 Å². The van der Waals surface area contributed by atoms with Gasteiger partial charge in [-0.1, -0.05) is 6.07 Å². The Kier molecular flexibility index (Phi) is 5.08. The first-order valence-corrected chi connectivity index (χ1v) is 6.47. The number of aldehydes is 1. The summed E-state index contributed by atoms with van der Waals surface area (Å²) < 4.78 is 15.2. The van der Waals surface area contributed by atoms with Crippen LogP contribution < -0.4 is 9.47 Å². The maximum absolute atomic E-state index is 11.3. The molecule has 0 fully saturated rings. The molecule has 0 N–H and O–H groups in total. The largest absolute Gasteiger partial charge is 0.497 e. The third-order valence-corrected chi connectivity index (χ3v) is 2.96. The predicted molar refractivity (Wildman–Crippen MR) is 78.3 cm³/mol. The molecule has 114 valence electrons. The lowest BCUT2D eigenvalue weighted by Gasteiger charge is -2.10. The fraction of sp³-hybridized carbons (Fsp3) is 0.188. The number of benzene rings is 1. The van der Waals surface area contributed by atoms with Gasteiger partial charge < -0.3 is 14.2 Å². The highest BCUT2D eigenvalue weighted by Gasteiger charge is 2.08. The van der Waals surface area contributed by atoms with Crippen molar-refractivity contribution in [2.24, 2.45) is 0 Å². The van der Waals surface area contributed by atoms with E-state index in [0.29, 0.717) is 23.3 Å². The van der Waals surface area contributed by atoms with Gasteiger partial charge in [0.2, 0.25) is 0 Å². The van der Waals surface area contributed by atoms with Gasteiger partial charge in [-0.25, -0.2) is 9.78 Å². The van der Waals surface area contributed by atoms with E-state index in [1.165, 1.54) is 20.4 Å². The van der Waals surface area contributed by atoms with E-state index in [1.807, 2.05) is 0 Å². The lowest BCUT2D eigenvalue weighted by molar-refractivity contribution is 0.0594. The molecule has 0 radical (unpaired) electrons. The van der Waals surface area contributed by atoms with Crippen molar-refractivity contribution in [3.05, 3.63) is 53.3 Å². The molecule has 0 aliphatic rings. The van der Waals surface area contributed by atoms with E-state index in [9.17, 15) is 9.59 Å². The second-order valence-corrected chi connectivity index (χ2v) is 4.35. The van der Waals surface area contributed by atoms with Gasteiger partial charge >= 0.3 is 5.97 Å². The Morgan fingerprint density at radius 2 is 2.05 bits per heavy atom. The van der Waals surface area contributed by atoms with Crippen LogP contribution in [-0.2, 0) is 11.3 Å². The third-order valence-electron chi connectivity index (χ3n) is 2.96. The molecule has 0 saturated heterocycles. The first kappa shape index (κ1) is 15.5. The van der Waals surface area contributed by atoms with E-state index in [1.54, 1.807) is 30.3 Å². The maximum atomic E-state index is 11.3. The summed E-state index contributed by atoms with van der Waals surface area (Å²) in [6, 6.07) is 8.24. The lowest BCUT2D eigenvalue weighted by atomic mass is 10.2. The minimum Gasteiger partial charge on any atom is -0.497 e. The summed E-state index contributed by atoms with van der Waals surface area (Å²) in [5.74, 6) is 0.539. The molecule has 0 saturated carbocycles. The fourth-order valence-electron chi connectivity index (χ4n) is 1.77. The van der Waals surface area contributed by atoms with Crippen LogP contribution in [0.3, 0.4) is 0 Å². The van der Waals surface area contributed by atoms with Crippen LogP contribution in [0.5, 0.6) is 11.5 Å². The van der Waals surface area contributed by atoms with Gasteiger partial charge in [-0.05, 0) is 24.3 Å². The van der Waals surface area contributed by atoms with Gasteiger partial charge in [-0.2, -0.15) is 0 Å². The third kappa shape index (κ3) is 3.60. The molecule has 0 unspecified atom stereocenters. The molecule has 22 heavy (non-hydrogen) atoms. The number of hydrogen-bond acceptors (Lipinski definition) is 6. The zero-order valence-corrected chi connectivity index (χ0v) is 12.2. The Morgan fingerprint density at radius 1 is 1.23 bits per heavy atom. The number of nitrogens with zero attached hydrogens (tertiary/aromatic N) is 1. The standard InChI is InChI=1S/C16H15NO5/c1-20-13-4-6-15(12(7-13)9-18)22-10-11-3-5-14(17-8-11)16(19)21-2/h3-9H,10H2,1-2H3. The summed E-state index contributed by atoms with van der Waals surface area (Å²) in [6.45, 7) is 0.224. The normalized spacial score (nSPS) is 9.91. The first-order valence-electron chi connectivity index (χ1n) is 6.47. The highest BCUT2D eigenvalue weighted by Crippen LogP contribution is 2.23. The predicted octanol–water partition coefficient (Wildman–Crippen LogP) is 2.27.